The number of thioether (sulfide) groups is 1. The van der Waals surface area contributed by atoms with E-state index < -0.39 is 5.97 Å². The molecule has 0 aromatic heterocycles. The third kappa shape index (κ3) is 5.61. The van der Waals surface area contributed by atoms with Crippen molar-refractivity contribution >= 4 is 23.8 Å². The first-order valence-electron chi connectivity index (χ1n) is 7.19. The summed E-state index contributed by atoms with van der Waals surface area (Å²) in [5.74, 6) is 0.140. The predicted molar refractivity (Wildman–Crippen MR) is 82.2 cm³/mol. The fourth-order valence-electron chi connectivity index (χ4n) is 2.77. The van der Waals surface area contributed by atoms with Gasteiger partial charge in [0.05, 0.1) is 6.42 Å². The maximum absolute atomic E-state index is 12.0. The van der Waals surface area contributed by atoms with Crippen molar-refractivity contribution in [2.24, 2.45) is 5.41 Å². The third-order valence-electron chi connectivity index (χ3n) is 4.03. The number of aliphatic carboxylic acids is 1. The van der Waals surface area contributed by atoms with Crippen molar-refractivity contribution in [2.75, 3.05) is 32.1 Å². The van der Waals surface area contributed by atoms with Crippen molar-refractivity contribution < 1.29 is 14.7 Å². The van der Waals surface area contributed by atoms with Gasteiger partial charge in [0.25, 0.3) is 0 Å². The van der Waals surface area contributed by atoms with Crippen molar-refractivity contribution in [2.45, 2.75) is 38.5 Å². The third-order valence-corrected chi connectivity index (χ3v) is 4.62. The second-order valence-electron chi connectivity index (χ2n) is 5.70. The van der Waals surface area contributed by atoms with Crippen molar-refractivity contribution in [3.63, 3.8) is 0 Å². The maximum atomic E-state index is 12.0. The summed E-state index contributed by atoms with van der Waals surface area (Å²) >= 11 is 1.70. The van der Waals surface area contributed by atoms with E-state index in [0.717, 1.165) is 31.4 Å². The minimum absolute atomic E-state index is 0.102. The number of nitrogens with one attached hydrogen (secondary N) is 1. The molecule has 6 heteroatoms. The molecule has 0 saturated heterocycles. The molecule has 0 spiro atoms. The number of rotatable bonds is 7. The van der Waals surface area contributed by atoms with Crippen LogP contribution in [0.25, 0.3) is 0 Å². The lowest BCUT2D eigenvalue weighted by molar-refractivity contribution is -0.140. The predicted octanol–water partition coefficient (Wildman–Crippen LogP) is 2.42. The maximum Gasteiger partial charge on any atom is 0.317 e. The highest BCUT2D eigenvalue weighted by molar-refractivity contribution is 7.98. The number of carboxylic acid groups (broad SMARTS) is 1. The zero-order valence-corrected chi connectivity index (χ0v) is 13.3. The van der Waals surface area contributed by atoms with Gasteiger partial charge in [0.2, 0.25) is 0 Å². The van der Waals surface area contributed by atoms with Crippen LogP contribution < -0.4 is 5.32 Å². The van der Waals surface area contributed by atoms with Crippen LogP contribution in [-0.2, 0) is 4.79 Å². The summed E-state index contributed by atoms with van der Waals surface area (Å²) in [5, 5.41) is 12.0. The zero-order valence-electron chi connectivity index (χ0n) is 12.5. The van der Waals surface area contributed by atoms with Gasteiger partial charge in [-0.2, -0.15) is 11.8 Å². The molecule has 1 saturated carbocycles. The molecule has 0 radical (unpaired) electrons. The average molecular weight is 302 g/mol. The molecule has 1 rings (SSSR count). The number of urea groups is 1. The number of hydrogen-bond donors (Lipinski definition) is 2. The van der Waals surface area contributed by atoms with Crippen LogP contribution in [0.1, 0.15) is 38.5 Å². The summed E-state index contributed by atoms with van der Waals surface area (Å²) in [6.45, 7) is 1.18. The molecule has 0 aliphatic heterocycles. The summed E-state index contributed by atoms with van der Waals surface area (Å²) in [4.78, 5) is 24.7. The molecule has 0 bridgehead atoms. The van der Waals surface area contributed by atoms with Gasteiger partial charge in [0, 0.05) is 25.9 Å². The number of carbonyl (C=O) groups is 2. The quantitative estimate of drug-likeness (QED) is 0.758. The molecule has 1 fully saturated rings. The lowest BCUT2D eigenvalue weighted by atomic mass is 9.72. The van der Waals surface area contributed by atoms with Gasteiger partial charge in [-0.15, -0.1) is 0 Å². The van der Waals surface area contributed by atoms with Crippen LogP contribution in [0.2, 0.25) is 0 Å². The van der Waals surface area contributed by atoms with Crippen molar-refractivity contribution in [1.82, 2.24) is 10.2 Å². The van der Waals surface area contributed by atoms with Gasteiger partial charge in [0.1, 0.15) is 0 Å². The van der Waals surface area contributed by atoms with Crippen molar-refractivity contribution in [3.05, 3.63) is 0 Å². The number of amides is 2. The molecule has 20 heavy (non-hydrogen) atoms. The van der Waals surface area contributed by atoms with Crippen molar-refractivity contribution in [1.29, 1.82) is 0 Å². The first-order chi connectivity index (χ1) is 9.49. The first-order valence-corrected chi connectivity index (χ1v) is 8.58. The van der Waals surface area contributed by atoms with E-state index >= 15 is 0 Å². The average Bonchev–Trinajstić information content (AvgIpc) is 2.42. The molecule has 0 aromatic carbocycles. The largest absolute Gasteiger partial charge is 0.481 e. The fourth-order valence-corrected chi connectivity index (χ4v) is 3.22. The summed E-state index contributed by atoms with van der Waals surface area (Å²) < 4.78 is 0. The molecular weight excluding hydrogens is 276 g/mol. The van der Waals surface area contributed by atoms with Gasteiger partial charge < -0.3 is 15.3 Å². The molecule has 5 nitrogen and oxygen atoms in total. The molecule has 0 unspecified atom stereocenters. The Morgan fingerprint density at radius 2 is 1.95 bits per heavy atom. The molecule has 0 atom stereocenters. The molecule has 116 valence electrons. The summed E-state index contributed by atoms with van der Waals surface area (Å²) in [7, 11) is 1.77. The SMILES string of the molecule is CSCCN(C)C(=O)NCC1(CC(=O)O)CCCCC1. The van der Waals surface area contributed by atoms with Crippen LogP contribution in [0.5, 0.6) is 0 Å². The highest BCUT2D eigenvalue weighted by Crippen LogP contribution is 2.38. The van der Waals surface area contributed by atoms with Gasteiger partial charge in [-0.3, -0.25) is 4.79 Å². The highest BCUT2D eigenvalue weighted by Gasteiger charge is 2.34. The summed E-state index contributed by atoms with van der Waals surface area (Å²) in [5.41, 5.74) is -0.250. The van der Waals surface area contributed by atoms with Gasteiger partial charge in [-0.25, -0.2) is 4.79 Å². The van der Waals surface area contributed by atoms with Gasteiger partial charge in [-0.05, 0) is 24.5 Å². The lowest BCUT2D eigenvalue weighted by Gasteiger charge is -2.36. The van der Waals surface area contributed by atoms with E-state index in [4.69, 9.17) is 5.11 Å². The van der Waals surface area contributed by atoms with Crippen molar-refractivity contribution in [3.8, 4) is 0 Å². The zero-order chi connectivity index (χ0) is 15.0. The van der Waals surface area contributed by atoms with Gasteiger partial charge >= 0.3 is 12.0 Å². The molecule has 1 aliphatic carbocycles. The highest BCUT2D eigenvalue weighted by atomic mass is 32.2. The van der Waals surface area contributed by atoms with Gasteiger partial charge in [0.15, 0.2) is 0 Å². The Labute approximate surface area is 125 Å². The standard InChI is InChI=1S/C14H26N2O3S/c1-16(8-9-20-2)13(19)15-11-14(10-12(17)18)6-4-3-5-7-14/h3-11H2,1-2H3,(H,15,19)(H,17,18). The molecule has 0 aromatic rings. The fraction of sp³-hybridized carbons (Fsp3) is 0.857. The molecule has 2 N–H and O–H groups in total. The van der Waals surface area contributed by atoms with E-state index in [0.29, 0.717) is 13.1 Å². The number of carboxylic acids is 1. The summed E-state index contributed by atoms with van der Waals surface area (Å²) in [6, 6.07) is -0.102. The minimum atomic E-state index is -0.767. The number of carbonyl (C=O) groups excluding carboxylic acids is 1. The number of hydrogen-bond acceptors (Lipinski definition) is 3. The van der Waals surface area contributed by atoms with E-state index in [1.807, 2.05) is 6.26 Å². The Balaban J connectivity index is 2.49. The van der Waals surface area contributed by atoms with E-state index in [1.54, 1.807) is 23.7 Å². The van der Waals surface area contributed by atoms with Crippen LogP contribution in [0.4, 0.5) is 4.79 Å². The Morgan fingerprint density at radius 3 is 2.50 bits per heavy atom. The smallest absolute Gasteiger partial charge is 0.317 e. The summed E-state index contributed by atoms with van der Waals surface area (Å²) in [6.07, 6.45) is 7.25. The molecular formula is C14H26N2O3S. The molecule has 2 amide bonds. The number of nitrogens with zero attached hydrogens (tertiary/aromatic N) is 1. The van der Waals surface area contributed by atoms with Crippen LogP contribution >= 0.6 is 11.8 Å². The first kappa shape index (κ1) is 17.1. The van der Waals surface area contributed by atoms with E-state index in [1.165, 1.54) is 6.42 Å². The van der Waals surface area contributed by atoms with Gasteiger partial charge in [-0.1, -0.05) is 19.3 Å². The Bertz CT molecular complexity index is 330. The molecule has 0 heterocycles. The topological polar surface area (TPSA) is 69.6 Å². The lowest BCUT2D eigenvalue weighted by Crippen LogP contribution is -2.45. The Hall–Kier alpha value is -0.910. The van der Waals surface area contributed by atoms with Crippen LogP contribution in [-0.4, -0.2) is 54.2 Å². The van der Waals surface area contributed by atoms with Crippen LogP contribution in [0.3, 0.4) is 0 Å². The monoisotopic (exact) mass is 302 g/mol. The van der Waals surface area contributed by atoms with Crippen LogP contribution in [0, 0.1) is 5.41 Å². The second kappa shape index (κ2) is 8.39. The minimum Gasteiger partial charge on any atom is -0.481 e. The second-order valence-corrected chi connectivity index (χ2v) is 6.69. The van der Waals surface area contributed by atoms with E-state index in [2.05, 4.69) is 5.32 Å². The Morgan fingerprint density at radius 1 is 1.30 bits per heavy atom. The van der Waals surface area contributed by atoms with E-state index in [-0.39, 0.29) is 17.9 Å². The Kier molecular flexibility index (Phi) is 7.19. The molecule has 1 aliphatic rings. The normalized spacial score (nSPS) is 17.5. The van der Waals surface area contributed by atoms with E-state index in [9.17, 15) is 9.59 Å². The van der Waals surface area contributed by atoms with Crippen LogP contribution in [0.15, 0.2) is 0 Å².